The number of halogens is 1. The van der Waals surface area contributed by atoms with Crippen molar-refractivity contribution in [2.75, 3.05) is 5.32 Å². The summed E-state index contributed by atoms with van der Waals surface area (Å²) in [5.74, 6) is 0.218. The van der Waals surface area contributed by atoms with Gasteiger partial charge in [-0.2, -0.15) is 4.98 Å². The molecule has 0 fully saturated rings. The molecular weight excluding hydrogens is 396 g/mol. The van der Waals surface area contributed by atoms with Gasteiger partial charge in [0, 0.05) is 28.4 Å². The molecule has 1 atom stereocenters. The number of primary amides is 1. The van der Waals surface area contributed by atoms with E-state index in [1.54, 1.807) is 41.9 Å². The third-order valence-corrected chi connectivity index (χ3v) is 4.86. The minimum absolute atomic E-state index is 0.0533. The Morgan fingerprint density at radius 1 is 1.28 bits per heavy atom. The van der Waals surface area contributed by atoms with Gasteiger partial charge in [0.2, 0.25) is 11.9 Å². The number of carbonyl (C=O) groups is 1. The van der Waals surface area contributed by atoms with Crippen LogP contribution in [0.3, 0.4) is 0 Å². The van der Waals surface area contributed by atoms with Crippen LogP contribution in [0, 0.1) is 10.1 Å². The number of nitrogens with two attached hydrogens (primary N) is 1. The van der Waals surface area contributed by atoms with Crippen LogP contribution in [0.1, 0.15) is 18.5 Å². The van der Waals surface area contributed by atoms with Gasteiger partial charge in [0.1, 0.15) is 6.04 Å². The normalized spacial score (nSPS) is 15.6. The Bertz CT molecular complexity index is 1170. The summed E-state index contributed by atoms with van der Waals surface area (Å²) in [5.41, 5.74) is 7.75. The van der Waals surface area contributed by atoms with Gasteiger partial charge in [-0.15, -0.1) is 5.10 Å². The lowest BCUT2D eigenvalue weighted by atomic mass is 9.95. The number of nitrogens with one attached hydrogen (secondary N) is 1. The van der Waals surface area contributed by atoms with Crippen LogP contribution in [0.15, 0.2) is 59.8 Å². The highest BCUT2D eigenvalue weighted by molar-refractivity contribution is 6.30. The van der Waals surface area contributed by atoms with Crippen LogP contribution in [0.2, 0.25) is 5.02 Å². The highest BCUT2D eigenvalue weighted by Crippen LogP contribution is 2.36. The molecule has 0 saturated heterocycles. The number of benzene rings is 2. The van der Waals surface area contributed by atoms with Crippen LogP contribution in [0.5, 0.6) is 0 Å². The summed E-state index contributed by atoms with van der Waals surface area (Å²) in [4.78, 5) is 27.2. The van der Waals surface area contributed by atoms with E-state index in [2.05, 4.69) is 15.4 Å². The van der Waals surface area contributed by atoms with Crippen molar-refractivity contribution in [3.8, 4) is 11.4 Å². The number of nitro groups is 1. The van der Waals surface area contributed by atoms with E-state index in [0.717, 1.165) is 0 Å². The van der Waals surface area contributed by atoms with Gasteiger partial charge in [-0.1, -0.05) is 23.7 Å². The number of allylic oxidation sites excluding steroid dienone is 1. The second-order valence-electron chi connectivity index (χ2n) is 6.49. The number of hydrogen-bond acceptors (Lipinski definition) is 6. The second-order valence-corrected chi connectivity index (χ2v) is 6.93. The van der Waals surface area contributed by atoms with Crippen molar-refractivity contribution >= 4 is 29.1 Å². The molecule has 1 unspecified atom stereocenters. The molecule has 0 saturated carbocycles. The topological polar surface area (TPSA) is 129 Å². The first-order valence-corrected chi connectivity index (χ1v) is 8.97. The summed E-state index contributed by atoms with van der Waals surface area (Å²) >= 11 is 6.07. The summed E-state index contributed by atoms with van der Waals surface area (Å²) in [7, 11) is 0. The highest BCUT2D eigenvalue weighted by Gasteiger charge is 2.33. The van der Waals surface area contributed by atoms with Gasteiger partial charge in [0.25, 0.3) is 5.69 Å². The van der Waals surface area contributed by atoms with E-state index in [1.165, 1.54) is 12.1 Å². The number of hydrogen-bond donors (Lipinski definition) is 2. The van der Waals surface area contributed by atoms with Crippen LogP contribution >= 0.6 is 11.6 Å². The molecule has 2 heterocycles. The number of rotatable bonds is 4. The fourth-order valence-electron chi connectivity index (χ4n) is 3.31. The Balaban J connectivity index is 1.86. The zero-order chi connectivity index (χ0) is 20.7. The van der Waals surface area contributed by atoms with Gasteiger partial charge in [-0.05, 0) is 36.8 Å². The summed E-state index contributed by atoms with van der Waals surface area (Å²) in [6.07, 6.45) is 0. The van der Waals surface area contributed by atoms with Crippen LogP contribution in [0.25, 0.3) is 11.4 Å². The lowest BCUT2D eigenvalue weighted by Crippen LogP contribution is -2.31. The summed E-state index contributed by atoms with van der Waals surface area (Å²) in [6, 6.07) is 12.3. The number of nitro benzene ring substituents is 1. The van der Waals surface area contributed by atoms with Crippen molar-refractivity contribution < 1.29 is 9.72 Å². The molecule has 1 amide bonds. The predicted molar refractivity (Wildman–Crippen MR) is 107 cm³/mol. The quantitative estimate of drug-likeness (QED) is 0.501. The molecule has 1 aliphatic heterocycles. The van der Waals surface area contributed by atoms with E-state index in [4.69, 9.17) is 17.3 Å². The lowest BCUT2D eigenvalue weighted by Gasteiger charge is -2.27. The maximum absolute atomic E-state index is 12.2. The van der Waals surface area contributed by atoms with Crippen LogP contribution in [0.4, 0.5) is 11.6 Å². The molecule has 4 rings (SSSR count). The van der Waals surface area contributed by atoms with E-state index < -0.39 is 16.9 Å². The van der Waals surface area contributed by atoms with E-state index in [0.29, 0.717) is 39.2 Å². The first kappa shape index (κ1) is 18.6. The van der Waals surface area contributed by atoms with E-state index in [-0.39, 0.29) is 5.69 Å². The number of aromatic nitrogens is 3. The summed E-state index contributed by atoms with van der Waals surface area (Å²) in [6.45, 7) is 1.72. The molecule has 1 aliphatic rings. The molecule has 3 aromatic rings. The maximum atomic E-state index is 12.2. The Hall–Kier alpha value is -3.72. The number of amides is 1. The Morgan fingerprint density at radius 2 is 2.00 bits per heavy atom. The monoisotopic (exact) mass is 410 g/mol. The summed E-state index contributed by atoms with van der Waals surface area (Å²) < 4.78 is 1.55. The molecule has 0 spiro atoms. The number of non-ortho nitro benzene ring substituents is 1. The molecule has 0 bridgehead atoms. The molecule has 10 heteroatoms. The SMILES string of the molecule is CC1=C(C(N)=O)C(c2ccc([N+](=O)[O-])cc2)n2nc(-c3cccc(Cl)c3)nc2N1. The Morgan fingerprint density at radius 3 is 2.62 bits per heavy atom. The molecule has 146 valence electrons. The minimum atomic E-state index is -0.676. The molecule has 3 N–H and O–H groups in total. The van der Waals surface area contributed by atoms with Crippen molar-refractivity contribution in [1.82, 2.24) is 14.8 Å². The number of fused-ring (bicyclic) bond motifs is 1. The number of anilines is 1. The van der Waals surface area contributed by atoms with Crippen LogP contribution < -0.4 is 11.1 Å². The van der Waals surface area contributed by atoms with E-state index in [9.17, 15) is 14.9 Å². The van der Waals surface area contributed by atoms with E-state index >= 15 is 0 Å². The molecule has 0 radical (unpaired) electrons. The fourth-order valence-corrected chi connectivity index (χ4v) is 3.50. The van der Waals surface area contributed by atoms with Crippen molar-refractivity contribution in [2.24, 2.45) is 5.73 Å². The molecular formula is C19H15ClN6O3. The molecule has 9 nitrogen and oxygen atoms in total. The standard InChI is InChI=1S/C19H15ClN6O3/c1-10-15(17(21)27)16(11-5-7-14(8-6-11)26(28)29)25-19(22-10)23-18(24-25)12-3-2-4-13(20)9-12/h2-9,16H,1H3,(H2,21,27)(H,22,23,24). The van der Waals surface area contributed by atoms with Crippen LogP contribution in [-0.2, 0) is 4.79 Å². The van der Waals surface area contributed by atoms with Gasteiger partial charge < -0.3 is 11.1 Å². The Labute approximate surface area is 170 Å². The predicted octanol–water partition coefficient (Wildman–Crippen LogP) is 3.28. The average Bonchev–Trinajstić information content (AvgIpc) is 3.10. The number of nitrogens with zero attached hydrogens (tertiary/aromatic N) is 4. The van der Waals surface area contributed by atoms with Crippen LogP contribution in [-0.4, -0.2) is 25.6 Å². The van der Waals surface area contributed by atoms with Crippen molar-refractivity contribution in [2.45, 2.75) is 13.0 Å². The average molecular weight is 411 g/mol. The van der Waals surface area contributed by atoms with Gasteiger partial charge in [0.05, 0.1) is 10.5 Å². The molecule has 1 aromatic heterocycles. The van der Waals surface area contributed by atoms with Gasteiger partial charge in [0.15, 0.2) is 5.82 Å². The van der Waals surface area contributed by atoms with Gasteiger partial charge in [-0.25, -0.2) is 4.68 Å². The zero-order valence-corrected chi connectivity index (χ0v) is 15.9. The first-order valence-electron chi connectivity index (χ1n) is 8.59. The third kappa shape index (κ3) is 3.32. The zero-order valence-electron chi connectivity index (χ0n) is 15.2. The molecule has 29 heavy (non-hydrogen) atoms. The maximum Gasteiger partial charge on any atom is 0.269 e. The Kier molecular flexibility index (Phi) is 4.51. The van der Waals surface area contributed by atoms with Gasteiger partial charge >= 0.3 is 0 Å². The highest BCUT2D eigenvalue weighted by atomic mass is 35.5. The van der Waals surface area contributed by atoms with E-state index in [1.807, 2.05) is 6.07 Å². The second kappa shape index (κ2) is 7.02. The third-order valence-electron chi connectivity index (χ3n) is 4.62. The van der Waals surface area contributed by atoms with Crippen molar-refractivity contribution in [1.29, 1.82) is 0 Å². The molecule has 0 aliphatic carbocycles. The van der Waals surface area contributed by atoms with Crippen molar-refractivity contribution in [3.63, 3.8) is 0 Å². The summed E-state index contributed by atoms with van der Waals surface area (Å²) in [5, 5.41) is 19.1. The molecule has 2 aromatic carbocycles. The van der Waals surface area contributed by atoms with Crippen molar-refractivity contribution in [3.05, 3.63) is 80.5 Å². The fraction of sp³-hybridized carbons (Fsp3) is 0.105. The van der Waals surface area contributed by atoms with Gasteiger partial charge in [-0.3, -0.25) is 14.9 Å². The number of carbonyl (C=O) groups excluding carboxylic acids is 1. The minimum Gasteiger partial charge on any atom is -0.366 e. The first-order chi connectivity index (χ1) is 13.8. The largest absolute Gasteiger partial charge is 0.366 e. The smallest absolute Gasteiger partial charge is 0.269 e. The lowest BCUT2D eigenvalue weighted by molar-refractivity contribution is -0.384.